The maximum absolute atomic E-state index is 5.76. The van der Waals surface area contributed by atoms with Gasteiger partial charge in [-0.3, -0.25) is 0 Å². The first-order valence-electron chi connectivity index (χ1n) is 7.41. The van der Waals surface area contributed by atoms with Crippen molar-refractivity contribution in [1.29, 1.82) is 0 Å². The van der Waals surface area contributed by atoms with Gasteiger partial charge in [0, 0.05) is 18.4 Å². The van der Waals surface area contributed by atoms with E-state index in [1.807, 2.05) is 41.9 Å². The van der Waals surface area contributed by atoms with Crippen LogP contribution in [0.5, 0.6) is 0 Å². The molecule has 5 nitrogen and oxygen atoms in total. The highest BCUT2D eigenvalue weighted by atomic mass is 16.5. The number of fused-ring (bicyclic) bond motifs is 1. The molecule has 0 aliphatic carbocycles. The standard InChI is InChI=1S/C17H20N4O/c1-13-10-16-17(18-8-9-21(16)20-13)19-14(2)11-22-12-15-6-4-3-5-7-15/h3-10,14H,11-12H2,1-2H3,(H,18,19). The zero-order chi connectivity index (χ0) is 15.4. The molecule has 0 aliphatic rings. The molecule has 0 bridgehead atoms. The molecule has 22 heavy (non-hydrogen) atoms. The maximum atomic E-state index is 5.76. The van der Waals surface area contributed by atoms with E-state index < -0.39 is 0 Å². The molecule has 114 valence electrons. The van der Waals surface area contributed by atoms with Crippen molar-refractivity contribution < 1.29 is 4.74 Å². The number of aromatic nitrogens is 3. The van der Waals surface area contributed by atoms with Gasteiger partial charge in [-0.15, -0.1) is 0 Å². The summed E-state index contributed by atoms with van der Waals surface area (Å²) in [6.45, 7) is 5.30. The monoisotopic (exact) mass is 296 g/mol. The highest BCUT2D eigenvalue weighted by Gasteiger charge is 2.08. The van der Waals surface area contributed by atoms with Gasteiger partial charge in [0.05, 0.1) is 18.9 Å². The molecule has 0 saturated heterocycles. The van der Waals surface area contributed by atoms with Crippen LogP contribution in [0.15, 0.2) is 48.8 Å². The zero-order valence-electron chi connectivity index (χ0n) is 12.9. The van der Waals surface area contributed by atoms with E-state index in [1.165, 1.54) is 5.56 Å². The van der Waals surface area contributed by atoms with E-state index >= 15 is 0 Å². The molecule has 3 rings (SSSR count). The lowest BCUT2D eigenvalue weighted by Gasteiger charge is -2.15. The fourth-order valence-electron chi connectivity index (χ4n) is 2.36. The van der Waals surface area contributed by atoms with Crippen LogP contribution in [0, 0.1) is 6.92 Å². The molecule has 0 spiro atoms. The van der Waals surface area contributed by atoms with E-state index in [0.717, 1.165) is 17.0 Å². The van der Waals surface area contributed by atoms with Crippen LogP contribution in [0.3, 0.4) is 0 Å². The first-order chi connectivity index (χ1) is 10.7. The van der Waals surface area contributed by atoms with Crippen molar-refractivity contribution in [3.05, 3.63) is 60.0 Å². The second-order valence-corrected chi connectivity index (χ2v) is 5.44. The fraction of sp³-hybridized carbons (Fsp3) is 0.294. The Balaban J connectivity index is 1.58. The third-order valence-electron chi connectivity index (χ3n) is 3.37. The smallest absolute Gasteiger partial charge is 0.152 e. The highest BCUT2D eigenvalue weighted by molar-refractivity contribution is 5.67. The van der Waals surface area contributed by atoms with E-state index in [1.54, 1.807) is 6.20 Å². The third-order valence-corrected chi connectivity index (χ3v) is 3.37. The molecule has 3 aromatic rings. The minimum atomic E-state index is 0.164. The average molecular weight is 296 g/mol. The van der Waals surface area contributed by atoms with Gasteiger partial charge in [-0.2, -0.15) is 5.10 Å². The third kappa shape index (κ3) is 3.43. The van der Waals surface area contributed by atoms with Gasteiger partial charge < -0.3 is 10.1 Å². The van der Waals surface area contributed by atoms with Gasteiger partial charge in [0.15, 0.2) is 5.82 Å². The molecule has 0 radical (unpaired) electrons. The van der Waals surface area contributed by atoms with Gasteiger partial charge in [0.2, 0.25) is 0 Å². The molecule has 2 heterocycles. The molecule has 2 aromatic heterocycles. The Labute approximate surface area is 130 Å². The summed E-state index contributed by atoms with van der Waals surface area (Å²) in [5.41, 5.74) is 3.14. The summed E-state index contributed by atoms with van der Waals surface area (Å²) in [4.78, 5) is 4.40. The zero-order valence-corrected chi connectivity index (χ0v) is 12.9. The van der Waals surface area contributed by atoms with Crippen molar-refractivity contribution >= 4 is 11.3 Å². The molecule has 0 amide bonds. The van der Waals surface area contributed by atoms with Crippen molar-refractivity contribution in [2.24, 2.45) is 0 Å². The minimum absolute atomic E-state index is 0.164. The number of ether oxygens (including phenoxy) is 1. The number of hydrogen-bond donors (Lipinski definition) is 1. The van der Waals surface area contributed by atoms with Gasteiger partial charge in [-0.25, -0.2) is 9.50 Å². The Hall–Kier alpha value is -2.40. The lowest BCUT2D eigenvalue weighted by molar-refractivity contribution is 0.115. The summed E-state index contributed by atoms with van der Waals surface area (Å²) in [6.07, 6.45) is 3.60. The number of aryl methyl sites for hydroxylation is 1. The maximum Gasteiger partial charge on any atom is 0.152 e. The van der Waals surface area contributed by atoms with Crippen molar-refractivity contribution in [3.8, 4) is 0 Å². The topological polar surface area (TPSA) is 51.5 Å². The molecular weight excluding hydrogens is 276 g/mol. The largest absolute Gasteiger partial charge is 0.375 e. The Morgan fingerprint density at radius 2 is 2.09 bits per heavy atom. The summed E-state index contributed by atoms with van der Waals surface area (Å²) in [7, 11) is 0. The molecule has 1 unspecified atom stereocenters. The van der Waals surface area contributed by atoms with Crippen LogP contribution < -0.4 is 5.32 Å². The highest BCUT2D eigenvalue weighted by Crippen LogP contribution is 2.15. The Morgan fingerprint density at radius 3 is 2.91 bits per heavy atom. The van der Waals surface area contributed by atoms with Crippen molar-refractivity contribution in [2.45, 2.75) is 26.5 Å². The van der Waals surface area contributed by atoms with Gasteiger partial charge in [-0.05, 0) is 25.5 Å². The quantitative estimate of drug-likeness (QED) is 0.759. The predicted molar refractivity (Wildman–Crippen MR) is 86.9 cm³/mol. The lowest BCUT2D eigenvalue weighted by atomic mass is 10.2. The van der Waals surface area contributed by atoms with Crippen LogP contribution in [0.25, 0.3) is 5.52 Å². The van der Waals surface area contributed by atoms with E-state index in [9.17, 15) is 0 Å². The lowest BCUT2D eigenvalue weighted by Crippen LogP contribution is -2.22. The van der Waals surface area contributed by atoms with E-state index in [4.69, 9.17) is 4.74 Å². The molecule has 1 N–H and O–H groups in total. The number of rotatable bonds is 6. The van der Waals surface area contributed by atoms with Crippen LogP contribution in [-0.4, -0.2) is 27.2 Å². The summed E-state index contributed by atoms with van der Waals surface area (Å²) >= 11 is 0. The van der Waals surface area contributed by atoms with Gasteiger partial charge in [0.25, 0.3) is 0 Å². The SMILES string of the molecule is Cc1cc2c(NC(C)COCc3ccccc3)nccn2n1. The van der Waals surface area contributed by atoms with Crippen LogP contribution in [0.1, 0.15) is 18.2 Å². The van der Waals surface area contributed by atoms with Crippen LogP contribution in [0.4, 0.5) is 5.82 Å². The molecule has 1 atom stereocenters. The molecule has 1 aromatic carbocycles. The number of benzene rings is 1. The number of nitrogens with one attached hydrogen (secondary N) is 1. The Kier molecular flexibility index (Phi) is 4.34. The first kappa shape index (κ1) is 14.5. The normalized spacial score (nSPS) is 12.5. The second-order valence-electron chi connectivity index (χ2n) is 5.44. The minimum Gasteiger partial charge on any atom is -0.375 e. The Morgan fingerprint density at radius 1 is 1.27 bits per heavy atom. The van der Waals surface area contributed by atoms with Crippen LogP contribution in [0.2, 0.25) is 0 Å². The Bertz CT molecular complexity index is 739. The summed E-state index contributed by atoms with van der Waals surface area (Å²) in [6, 6.07) is 12.4. The molecule has 5 heteroatoms. The molecule has 0 saturated carbocycles. The van der Waals surface area contributed by atoms with Crippen LogP contribution >= 0.6 is 0 Å². The first-order valence-corrected chi connectivity index (χ1v) is 7.41. The molecular formula is C17H20N4O. The van der Waals surface area contributed by atoms with Crippen molar-refractivity contribution in [1.82, 2.24) is 14.6 Å². The molecule has 0 fully saturated rings. The summed E-state index contributed by atoms with van der Waals surface area (Å²) in [5.74, 6) is 0.832. The predicted octanol–water partition coefficient (Wildman–Crippen LogP) is 3.05. The van der Waals surface area contributed by atoms with E-state index in [0.29, 0.717) is 13.2 Å². The average Bonchev–Trinajstić information content (AvgIpc) is 2.90. The van der Waals surface area contributed by atoms with Gasteiger partial charge in [0.1, 0.15) is 5.52 Å². The number of anilines is 1. The second kappa shape index (κ2) is 6.58. The van der Waals surface area contributed by atoms with Gasteiger partial charge in [-0.1, -0.05) is 30.3 Å². The number of hydrogen-bond acceptors (Lipinski definition) is 4. The van der Waals surface area contributed by atoms with E-state index in [2.05, 4.69) is 34.5 Å². The fourth-order valence-corrected chi connectivity index (χ4v) is 2.36. The summed E-state index contributed by atoms with van der Waals surface area (Å²) in [5, 5.41) is 7.78. The van der Waals surface area contributed by atoms with Crippen molar-refractivity contribution in [2.75, 3.05) is 11.9 Å². The summed E-state index contributed by atoms with van der Waals surface area (Å²) < 4.78 is 7.59. The van der Waals surface area contributed by atoms with Crippen LogP contribution in [-0.2, 0) is 11.3 Å². The van der Waals surface area contributed by atoms with E-state index in [-0.39, 0.29) is 6.04 Å². The number of nitrogens with zero attached hydrogens (tertiary/aromatic N) is 3. The molecule has 0 aliphatic heterocycles. The van der Waals surface area contributed by atoms with Crippen molar-refractivity contribution in [3.63, 3.8) is 0 Å². The van der Waals surface area contributed by atoms with Gasteiger partial charge >= 0.3 is 0 Å².